The molecule has 1 aliphatic heterocycles. The van der Waals surface area contributed by atoms with E-state index in [2.05, 4.69) is 0 Å². The van der Waals surface area contributed by atoms with Crippen LogP contribution in [0, 0.1) is 11.3 Å². The molecule has 1 aromatic rings. The summed E-state index contributed by atoms with van der Waals surface area (Å²) in [4.78, 5) is 14.2. The van der Waals surface area contributed by atoms with Gasteiger partial charge in [0.05, 0.1) is 0 Å². The Labute approximate surface area is 108 Å². The van der Waals surface area contributed by atoms with Crippen LogP contribution in [0.2, 0.25) is 0 Å². The topological polar surface area (TPSA) is 20.3 Å². The molecule has 0 saturated carbocycles. The van der Waals surface area contributed by atoms with E-state index in [1.807, 2.05) is 49.1 Å². The number of hydrogen-bond acceptors (Lipinski definition) is 1. The van der Waals surface area contributed by atoms with Gasteiger partial charge in [0.2, 0.25) is 5.91 Å². The Kier molecular flexibility index (Phi) is 3.43. The molecule has 1 saturated heterocycles. The quantitative estimate of drug-likeness (QED) is 0.757. The van der Waals surface area contributed by atoms with Crippen LogP contribution in [0.4, 0.5) is 0 Å². The van der Waals surface area contributed by atoms with E-state index >= 15 is 0 Å². The SMILES string of the molecule is CC1(C)C(=O)N(Cc2ccccc2)CC1CCl. The first-order valence-corrected chi connectivity index (χ1v) is 6.48. The number of rotatable bonds is 3. The second-order valence-corrected chi connectivity index (χ2v) is 5.55. The Hall–Kier alpha value is -1.02. The molecule has 2 rings (SSSR count). The van der Waals surface area contributed by atoms with Gasteiger partial charge in [0.15, 0.2) is 0 Å². The first kappa shape index (κ1) is 12.4. The molecule has 1 atom stereocenters. The van der Waals surface area contributed by atoms with Crippen LogP contribution in [0.25, 0.3) is 0 Å². The van der Waals surface area contributed by atoms with Crippen molar-refractivity contribution in [3.8, 4) is 0 Å². The van der Waals surface area contributed by atoms with Gasteiger partial charge in [-0.3, -0.25) is 4.79 Å². The standard InChI is InChI=1S/C14H18ClNO/c1-14(2)12(8-15)10-16(13(14)17)9-11-6-4-3-5-7-11/h3-7,12H,8-10H2,1-2H3. The molecule has 0 aromatic heterocycles. The van der Waals surface area contributed by atoms with Crippen LogP contribution in [0.3, 0.4) is 0 Å². The number of likely N-dealkylation sites (tertiary alicyclic amines) is 1. The Balaban J connectivity index is 2.12. The summed E-state index contributed by atoms with van der Waals surface area (Å²) < 4.78 is 0. The molecule has 0 radical (unpaired) electrons. The van der Waals surface area contributed by atoms with Crippen molar-refractivity contribution in [2.45, 2.75) is 20.4 Å². The molecule has 0 bridgehead atoms. The van der Waals surface area contributed by atoms with Crippen molar-refractivity contribution in [1.29, 1.82) is 0 Å². The molecule has 3 heteroatoms. The molecule has 0 spiro atoms. The number of nitrogens with zero attached hydrogens (tertiary/aromatic N) is 1. The van der Waals surface area contributed by atoms with E-state index in [4.69, 9.17) is 11.6 Å². The summed E-state index contributed by atoms with van der Waals surface area (Å²) in [6.07, 6.45) is 0. The van der Waals surface area contributed by atoms with E-state index < -0.39 is 0 Å². The van der Waals surface area contributed by atoms with Crippen molar-refractivity contribution in [2.75, 3.05) is 12.4 Å². The van der Waals surface area contributed by atoms with Gasteiger partial charge in [-0.25, -0.2) is 0 Å². The minimum absolute atomic E-state index is 0.215. The highest BCUT2D eigenvalue weighted by Crippen LogP contribution is 2.37. The molecular formula is C14H18ClNO. The van der Waals surface area contributed by atoms with Gasteiger partial charge < -0.3 is 4.90 Å². The van der Waals surface area contributed by atoms with Crippen LogP contribution in [-0.2, 0) is 11.3 Å². The van der Waals surface area contributed by atoms with Crippen LogP contribution in [-0.4, -0.2) is 23.2 Å². The molecule has 1 amide bonds. The number of alkyl halides is 1. The summed E-state index contributed by atoms with van der Waals surface area (Å²) in [7, 11) is 0. The lowest BCUT2D eigenvalue weighted by Crippen LogP contribution is -2.31. The predicted octanol–water partition coefficient (Wildman–Crippen LogP) is 2.91. The number of benzene rings is 1. The van der Waals surface area contributed by atoms with Gasteiger partial charge >= 0.3 is 0 Å². The zero-order valence-corrected chi connectivity index (χ0v) is 11.1. The van der Waals surface area contributed by atoms with E-state index in [9.17, 15) is 4.79 Å². The first-order valence-electron chi connectivity index (χ1n) is 5.95. The van der Waals surface area contributed by atoms with Crippen LogP contribution >= 0.6 is 11.6 Å². The summed E-state index contributed by atoms with van der Waals surface area (Å²) in [6, 6.07) is 10.1. The molecule has 0 N–H and O–H groups in total. The van der Waals surface area contributed by atoms with Crippen LogP contribution < -0.4 is 0 Å². The van der Waals surface area contributed by atoms with Crippen LogP contribution in [0.15, 0.2) is 30.3 Å². The average Bonchev–Trinajstić information content (AvgIpc) is 2.54. The molecule has 92 valence electrons. The monoisotopic (exact) mass is 251 g/mol. The largest absolute Gasteiger partial charge is 0.338 e. The minimum atomic E-state index is -0.323. The predicted molar refractivity (Wildman–Crippen MR) is 69.9 cm³/mol. The fourth-order valence-electron chi connectivity index (χ4n) is 2.34. The highest BCUT2D eigenvalue weighted by molar-refractivity contribution is 6.18. The van der Waals surface area contributed by atoms with Gasteiger partial charge in [0.1, 0.15) is 0 Å². The minimum Gasteiger partial charge on any atom is -0.338 e. The van der Waals surface area contributed by atoms with E-state index in [0.717, 1.165) is 6.54 Å². The summed E-state index contributed by atoms with van der Waals surface area (Å²) in [6.45, 7) is 5.45. The fourth-order valence-corrected chi connectivity index (χ4v) is 2.82. The second kappa shape index (κ2) is 4.69. The molecule has 1 heterocycles. The molecule has 1 aliphatic rings. The van der Waals surface area contributed by atoms with Crippen molar-refractivity contribution in [3.63, 3.8) is 0 Å². The molecular weight excluding hydrogens is 234 g/mol. The Morgan fingerprint density at radius 3 is 2.53 bits per heavy atom. The van der Waals surface area contributed by atoms with Crippen molar-refractivity contribution < 1.29 is 4.79 Å². The van der Waals surface area contributed by atoms with Gasteiger partial charge in [0, 0.05) is 30.3 Å². The van der Waals surface area contributed by atoms with Gasteiger partial charge in [-0.05, 0) is 5.56 Å². The highest BCUT2D eigenvalue weighted by atomic mass is 35.5. The average molecular weight is 252 g/mol. The normalized spacial score (nSPS) is 23.1. The third kappa shape index (κ3) is 2.32. The van der Waals surface area contributed by atoms with Crippen molar-refractivity contribution in [2.24, 2.45) is 11.3 Å². The molecule has 1 unspecified atom stereocenters. The van der Waals surface area contributed by atoms with Gasteiger partial charge in [-0.2, -0.15) is 0 Å². The maximum Gasteiger partial charge on any atom is 0.228 e. The maximum atomic E-state index is 12.3. The summed E-state index contributed by atoms with van der Waals surface area (Å²) in [5, 5.41) is 0. The molecule has 1 fully saturated rings. The third-order valence-corrected chi connectivity index (χ3v) is 4.07. The van der Waals surface area contributed by atoms with E-state index in [0.29, 0.717) is 12.4 Å². The first-order chi connectivity index (χ1) is 8.05. The van der Waals surface area contributed by atoms with Crippen LogP contribution in [0.1, 0.15) is 19.4 Å². The third-order valence-electron chi connectivity index (χ3n) is 3.70. The molecule has 0 aliphatic carbocycles. The number of carbonyl (C=O) groups is 1. The Morgan fingerprint density at radius 1 is 1.35 bits per heavy atom. The number of carbonyl (C=O) groups excluding carboxylic acids is 1. The Morgan fingerprint density at radius 2 is 2.00 bits per heavy atom. The zero-order chi connectivity index (χ0) is 12.5. The van der Waals surface area contributed by atoms with E-state index in [1.54, 1.807) is 0 Å². The summed E-state index contributed by atoms with van der Waals surface area (Å²) in [5.74, 6) is 1.01. The Bertz CT molecular complexity index is 402. The number of hydrogen-bond donors (Lipinski definition) is 0. The van der Waals surface area contributed by atoms with Crippen molar-refractivity contribution >= 4 is 17.5 Å². The number of halogens is 1. The summed E-state index contributed by atoms with van der Waals surface area (Å²) in [5.41, 5.74) is 0.850. The smallest absolute Gasteiger partial charge is 0.228 e. The van der Waals surface area contributed by atoms with Gasteiger partial charge in [0.25, 0.3) is 0 Å². The van der Waals surface area contributed by atoms with Crippen molar-refractivity contribution in [3.05, 3.63) is 35.9 Å². The lowest BCUT2D eigenvalue weighted by Gasteiger charge is -2.21. The van der Waals surface area contributed by atoms with Crippen molar-refractivity contribution in [1.82, 2.24) is 4.90 Å². The molecule has 17 heavy (non-hydrogen) atoms. The van der Waals surface area contributed by atoms with Crippen LogP contribution in [0.5, 0.6) is 0 Å². The summed E-state index contributed by atoms with van der Waals surface area (Å²) >= 11 is 5.95. The lowest BCUT2D eigenvalue weighted by atomic mass is 9.83. The lowest BCUT2D eigenvalue weighted by molar-refractivity contribution is -0.135. The second-order valence-electron chi connectivity index (χ2n) is 5.24. The van der Waals surface area contributed by atoms with Gasteiger partial charge in [-0.1, -0.05) is 44.2 Å². The molecule has 1 aromatic carbocycles. The van der Waals surface area contributed by atoms with Gasteiger partial charge in [-0.15, -0.1) is 11.6 Å². The number of amides is 1. The highest BCUT2D eigenvalue weighted by Gasteiger charge is 2.46. The van der Waals surface area contributed by atoms with E-state index in [-0.39, 0.29) is 17.2 Å². The molecule has 2 nitrogen and oxygen atoms in total. The fraction of sp³-hybridized carbons (Fsp3) is 0.500. The van der Waals surface area contributed by atoms with E-state index in [1.165, 1.54) is 5.56 Å². The zero-order valence-electron chi connectivity index (χ0n) is 10.3. The maximum absolute atomic E-state index is 12.3.